The maximum absolute atomic E-state index is 12.7. The van der Waals surface area contributed by atoms with Crippen LogP contribution >= 0.6 is 15.9 Å². The van der Waals surface area contributed by atoms with Crippen LogP contribution in [-0.2, 0) is 13.5 Å². The van der Waals surface area contributed by atoms with Crippen molar-refractivity contribution in [3.63, 3.8) is 0 Å². The highest BCUT2D eigenvalue weighted by Gasteiger charge is 2.23. The number of aliphatic hydroxyl groups excluding tert-OH is 1. The molecule has 1 fully saturated rings. The normalized spacial score (nSPS) is 15.7. The van der Waals surface area contributed by atoms with Gasteiger partial charge in [0.05, 0.1) is 11.7 Å². The van der Waals surface area contributed by atoms with Gasteiger partial charge in [-0.15, -0.1) is 0 Å². The molecule has 1 aliphatic heterocycles. The quantitative estimate of drug-likeness (QED) is 0.825. The number of nitrogens with zero attached hydrogens (tertiary/aromatic N) is 2. The van der Waals surface area contributed by atoms with Crippen molar-refractivity contribution in [3.05, 3.63) is 60.7 Å². The number of hydrogen-bond acceptors (Lipinski definition) is 4. The number of nitrogens with one attached hydrogen (secondary N) is 1. The summed E-state index contributed by atoms with van der Waals surface area (Å²) in [6, 6.07) is 7.74. The third kappa shape index (κ3) is 3.32. The number of halogens is 1. The molecule has 0 amide bonds. The molecule has 0 unspecified atom stereocenters. The Labute approximate surface area is 147 Å². The molecule has 2 heterocycles. The Morgan fingerprint density at radius 3 is 2.58 bits per heavy atom. The molecule has 0 spiro atoms. The standard InChI is InChI=1S/C17H20BrN3O3/c1-20-16(23)13(10-11-4-2-3-5-14(11)18)15(19-17(20)24)21-8-6-12(22)7-9-21/h2-5,12,22H,6-10H2,1H3,(H,19,24). The summed E-state index contributed by atoms with van der Waals surface area (Å²) in [5.74, 6) is 0.575. The summed E-state index contributed by atoms with van der Waals surface area (Å²) in [6.45, 7) is 1.24. The number of rotatable bonds is 3. The molecular weight excluding hydrogens is 374 g/mol. The first-order valence-corrected chi connectivity index (χ1v) is 8.75. The first-order valence-electron chi connectivity index (χ1n) is 7.96. The van der Waals surface area contributed by atoms with Crippen molar-refractivity contribution >= 4 is 21.7 Å². The first-order chi connectivity index (χ1) is 11.5. The van der Waals surface area contributed by atoms with Gasteiger partial charge in [0.15, 0.2) is 0 Å². The molecule has 0 aliphatic carbocycles. The van der Waals surface area contributed by atoms with Crippen LogP contribution in [0.1, 0.15) is 24.0 Å². The first kappa shape index (κ1) is 17.0. The van der Waals surface area contributed by atoms with Crippen molar-refractivity contribution in [2.24, 2.45) is 7.05 Å². The predicted molar refractivity (Wildman–Crippen MR) is 96.7 cm³/mol. The minimum Gasteiger partial charge on any atom is -0.393 e. The molecule has 0 atom stereocenters. The second kappa shape index (κ2) is 6.94. The molecule has 3 rings (SSSR count). The van der Waals surface area contributed by atoms with E-state index in [4.69, 9.17) is 0 Å². The highest BCUT2D eigenvalue weighted by molar-refractivity contribution is 9.10. The number of aliphatic hydroxyl groups is 1. The Hall–Kier alpha value is -1.86. The lowest BCUT2D eigenvalue weighted by Crippen LogP contribution is -2.42. The molecular formula is C17H20BrN3O3. The number of piperidine rings is 1. The van der Waals surface area contributed by atoms with E-state index in [-0.39, 0.29) is 11.7 Å². The van der Waals surface area contributed by atoms with E-state index < -0.39 is 5.69 Å². The van der Waals surface area contributed by atoms with Crippen LogP contribution in [0.2, 0.25) is 0 Å². The van der Waals surface area contributed by atoms with Crippen molar-refractivity contribution in [2.75, 3.05) is 18.0 Å². The van der Waals surface area contributed by atoms with Crippen LogP contribution in [0.15, 0.2) is 38.3 Å². The van der Waals surface area contributed by atoms with Gasteiger partial charge in [-0.2, -0.15) is 0 Å². The molecule has 2 N–H and O–H groups in total. The van der Waals surface area contributed by atoms with Gasteiger partial charge < -0.3 is 10.0 Å². The van der Waals surface area contributed by atoms with Crippen LogP contribution in [0, 0.1) is 0 Å². The van der Waals surface area contributed by atoms with Gasteiger partial charge >= 0.3 is 5.69 Å². The monoisotopic (exact) mass is 393 g/mol. The average molecular weight is 394 g/mol. The van der Waals surface area contributed by atoms with Crippen molar-refractivity contribution < 1.29 is 5.11 Å². The molecule has 0 saturated carbocycles. The van der Waals surface area contributed by atoms with Gasteiger partial charge in [-0.05, 0) is 24.5 Å². The van der Waals surface area contributed by atoms with E-state index in [9.17, 15) is 14.7 Å². The number of aromatic amines is 1. The van der Waals surface area contributed by atoms with Gasteiger partial charge in [0.25, 0.3) is 5.56 Å². The predicted octanol–water partition coefficient (Wildman–Crippen LogP) is 1.39. The molecule has 1 aliphatic rings. The molecule has 0 radical (unpaired) electrons. The summed E-state index contributed by atoms with van der Waals surface area (Å²) in [7, 11) is 1.48. The molecule has 7 heteroatoms. The van der Waals surface area contributed by atoms with E-state index in [2.05, 4.69) is 20.9 Å². The Balaban J connectivity index is 2.06. The van der Waals surface area contributed by atoms with Gasteiger partial charge in [-0.25, -0.2) is 4.79 Å². The van der Waals surface area contributed by atoms with Gasteiger partial charge in [0.2, 0.25) is 0 Å². The Morgan fingerprint density at radius 1 is 1.25 bits per heavy atom. The number of hydrogen-bond donors (Lipinski definition) is 2. The number of benzene rings is 1. The molecule has 1 saturated heterocycles. The van der Waals surface area contributed by atoms with Crippen LogP contribution in [0.4, 0.5) is 5.82 Å². The van der Waals surface area contributed by atoms with Gasteiger partial charge in [-0.3, -0.25) is 14.3 Å². The van der Waals surface area contributed by atoms with Crippen LogP contribution < -0.4 is 16.1 Å². The molecule has 24 heavy (non-hydrogen) atoms. The van der Waals surface area contributed by atoms with Gasteiger partial charge in [0, 0.05) is 31.0 Å². The molecule has 1 aromatic heterocycles. The lowest BCUT2D eigenvalue weighted by molar-refractivity contribution is 0.145. The van der Waals surface area contributed by atoms with E-state index in [1.807, 2.05) is 29.2 Å². The Bertz CT molecular complexity index is 851. The van der Waals surface area contributed by atoms with E-state index >= 15 is 0 Å². The Kier molecular flexibility index (Phi) is 4.91. The number of H-pyrrole nitrogens is 1. The van der Waals surface area contributed by atoms with E-state index in [0.717, 1.165) is 14.6 Å². The summed E-state index contributed by atoms with van der Waals surface area (Å²) in [4.78, 5) is 29.6. The van der Waals surface area contributed by atoms with Crippen molar-refractivity contribution in [3.8, 4) is 0 Å². The van der Waals surface area contributed by atoms with Gasteiger partial charge in [-0.1, -0.05) is 34.1 Å². The smallest absolute Gasteiger partial charge is 0.329 e. The SMILES string of the molecule is Cn1c(=O)[nH]c(N2CCC(O)CC2)c(Cc2ccccc2Br)c1=O. The molecule has 128 valence electrons. The number of aromatic nitrogens is 2. The number of anilines is 1. The van der Waals surface area contributed by atoms with Crippen molar-refractivity contribution in [1.82, 2.24) is 9.55 Å². The fraction of sp³-hybridized carbons (Fsp3) is 0.412. The minimum absolute atomic E-state index is 0.282. The van der Waals surface area contributed by atoms with Crippen LogP contribution in [0.3, 0.4) is 0 Å². The average Bonchev–Trinajstić information content (AvgIpc) is 2.58. The summed E-state index contributed by atoms with van der Waals surface area (Å²) >= 11 is 3.51. The van der Waals surface area contributed by atoms with Crippen LogP contribution in [-0.4, -0.2) is 33.9 Å². The fourth-order valence-corrected chi connectivity index (χ4v) is 3.43. The Morgan fingerprint density at radius 2 is 1.92 bits per heavy atom. The largest absolute Gasteiger partial charge is 0.393 e. The lowest BCUT2D eigenvalue weighted by Gasteiger charge is -2.32. The third-order valence-electron chi connectivity index (χ3n) is 4.48. The zero-order valence-electron chi connectivity index (χ0n) is 13.5. The summed E-state index contributed by atoms with van der Waals surface area (Å²) in [6.07, 6.45) is 1.38. The molecule has 0 bridgehead atoms. The fourth-order valence-electron chi connectivity index (χ4n) is 3.01. The molecule has 1 aromatic carbocycles. The lowest BCUT2D eigenvalue weighted by atomic mass is 10.0. The molecule has 6 nitrogen and oxygen atoms in total. The zero-order valence-corrected chi connectivity index (χ0v) is 15.0. The summed E-state index contributed by atoms with van der Waals surface area (Å²) in [5, 5.41) is 9.70. The second-order valence-corrected chi connectivity index (χ2v) is 6.96. The van der Waals surface area contributed by atoms with Crippen molar-refractivity contribution in [2.45, 2.75) is 25.4 Å². The highest BCUT2D eigenvalue weighted by Crippen LogP contribution is 2.24. The maximum Gasteiger partial charge on any atom is 0.329 e. The second-order valence-electron chi connectivity index (χ2n) is 6.11. The highest BCUT2D eigenvalue weighted by atomic mass is 79.9. The zero-order chi connectivity index (χ0) is 17.3. The van der Waals surface area contributed by atoms with Crippen molar-refractivity contribution in [1.29, 1.82) is 0 Å². The van der Waals surface area contributed by atoms with E-state index in [1.165, 1.54) is 7.05 Å². The van der Waals surface area contributed by atoms with Gasteiger partial charge in [0.1, 0.15) is 5.82 Å². The summed E-state index contributed by atoms with van der Waals surface area (Å²) in [5.41, 5.74) is 0.855. The minimum atomic E-state index is -0.419. The van der Waals surface area contributed by atoms with Crippen LogP contribution in [0.25, 0.3) is 0 Å². The topological polar surface area (TPSA) is 78.3 Å². The van der Waals surface area contributed by atoms with Crippen LogP contribution in [0.5, 0.6) is 0 Å². The summed E-state index contributed by atoms with van der Waals surface area (Å²) < 4.78 is 2.03. The van der Waals surface area contributed by atoms with E-state index in [1.54, 1.807) is 0 Å². The maximum atomic E-state index is 12.7. The third-order valence-corrected chi connectivity index (χ3v) is 5.26. The van der Waals surface area contributed by atoms with E-state index in [0.29, 0.717) is 43.7 Å². The molecule has 2 aromatic rings.